The second-order valence-electron chi connectivity index (χ2n) is 7.16. The third kappa shape index (κ3) is 3.32. The van der Waals surface area contributed by atoms with Crippen LogP contribution in [0.1, 0.15) is 19.3 Å². The van der Waals surface area contributed by atoms with Gasteiger partial charge in [-0.2, -0.15) is 0 Å². The highest BCUT2D eigenvalue weighted by Crippen LogP contribution is 2.48. The minimum Gasteiger partial charge on any atom is -0.481 e. The number of urea groups is 1. The van der Waals surface area contributed by atoms with Crippen molar-refractivity contribution in [1.29, 1.82) is 0 Å². The Kier molecular flexibility index (Phi) is 4.43. The third-order valence-corrected chi connectivity index (χ3v) is 5.53. The number of amides is 2. The molecule has 4 rings (SSSR count). The maximum Gasteiger partial charge on any atom is 0.323 e. The topological polar surface area (TPSA) is 91.8 Å². The van der Waals surface area contributed by atoms with E-state index in [1.165, 1.54) is 0 Å². The van der Waals surface area contributed by atoms with E-state index in [9.17, 15) is 14.7 Å². The van der Waals surface area contributed by atoms with Gasteiger partial charge in [-0.3, -0.25) is 10.1 Å². The van der Waals surface area contributed by atoms with Gasteiger partial charge in [0.05, 0.1) is 11.6 Å². The number of likely N-dealkylation sites (tertiary alicyclic amines) is 1. The number of carboxylic acid groups (broad SMARTS) is 1. The molecule has 2 heterocycles. The molecule has 1 aliphatic carbocycles. The predicted molar refractivity (Wildman–Crippen MR) is 98.8 cm³/mol. The fraction of sp³-hybridized carbons (Fsp3) is 0.350. The second-order valence-corrected chi connectivity index (χ2v) is 7.16. The Morgan fingerprint density at radius 3 is 2.67 bits per heavy atom. The number of nitrogens with one attached hydrogen (secondary N) is 1. The number of aromatic nitrogens is 1. The van der Waals surface area contributed by atoms with Crippen molar-refractivity contribution < 1.29 is 19.4 Å². The Morgan fingerprint density at radius 1 is 1.19 bits per heavy atom. The number of pyridine rings is 1. The van der Waals surface area contributed by atoms with Gasteiger partial charge in [-0.25, -0.2) is 9.78 Å². The van der Waals surface area contributed by atoms with Gasteiger partial charge in [-0.15, -0.1) is 0 Å². The summed E-state index contributed by atoms with van der Waals surface area (Å²) in [6.45, 7) is 0.737. The molecular weight excluding hydrogens is 346 g/mol. The monoisotopic (exact) mass is 367 g/mol. The van der Waals surface area contributed by atoms with Crippen molar-refractivity contribution in [2.45, 2.75) is 19.3 Å². The van der Waals surface area contributed by atoms with Gasteiger partial charge < -0.3 is 14.7 Å². The van der Waals surface area contributed by atoms with Crippen LogP contribution in [-0.4, -0.2) is 40.1 Å². The third-order valence-electron chi connectivity index (χ3n) is 5.53. The van der Waals surface area contributed by atoms with Gasteiger partial charge in [0.2, 0.25) is 0 Å². The molecule has 0 unspecified atom stereocenters. The first-order chi connectivity index (χ1) is 13.1. The van der Waals surface area contributed by atoms with Crippen LogP contribution in [-0.2, 0) is 4.79 Å². The largest absolute Gasteiger partial charge is 0.481 e. The lowest BCUT2D eigenvalue weighted by atomic mass is 9.81. The van der Waals surface area contributed by atoms with Crippen molar-refractivity contribution in [3.8, 4) is 11.5 Å². The molecule has 1 aromatic carbocycles. The number of anilines is 1. The van der Waals surface area contributed by atoms with Crippen LogP contribution < -0.4 is 10.1 Å². The summed E-state index contributed by atoms with van der Waals surface area (Å²) in [6.07, 6.45) is 3.96. The number of carbonyl (C=O) groups excluding carboxylic acids is 1. The van der Waals surface area contributed by atoms with Gasteiger partial charge >= 0.3 is 12.0 Å². The Bertz CT molecular complexity index is 840. The molecule has 0 bridgehead atoms. The zero-order chi connectivity index (χ0) is 18.9. The number of carboxylic acids is 1. The minimum atomic E-state index is -0.791. The molecule has 2 N–H and O–H groups in total. The zero-order valence-electron chi connectivity index (χ0n) is 14.8. The van der Waals surface area contributed by atoms with Gasteiger partial charge in [0, 0.05) is 13.1 Å². The second kappa shape index (κ2) is 6.90. The molecule has 1 saturated carbocycles. The molecule has 140 valence electrons. The van der Waals surface area contributed by atoms with Crippen LogP contribution in [0, 0.1) is 11.3 Å². The van der Waals surface area contributed by atoms with Gasteiger partial charge in [-0.05, 0) is 43.0 Å². The smallest absolute Gasteiger partial charge is 0.323 e. The van der Waals surface area contributed by atoms with Crippen molar-refractivity contribution in [2.75, 3.05) is 18.4 Å². The highest BCUT2D eigenvalue weighted by atomic mass is 16.5. The molecule has 2 atom stereocenters. The summed E-state index contributed by atoms with van der Waals surface area (Å²) < 4.78 is 5.68. The molecule has 2 amide bonds. The fourth-order valence-electron chi connectivity index (χ4n) is 4.12. The summed E-state index contributed by atoms with van der Waals surface area (Å²) in [5, 5.41) is 12.4. The van der Waals surface area contributed by atoms with Crippen LogP contribution in [0.3, 0.4) is 0 Å². The summed E-state index contributed by atoms with van der Waals surface area (Å²) in [5.41, 5.74) is -0.780. The molecular formula is C20H21N3O4. The number of benzene rings is 1. The summed E-state index contributed by atoms with van der Waals surface area (Å²) in [4.78, 5) is 30.1. The lowest BCUT2D eigenvalue weighted by Gasteiger charge is -2.23. The van der Waals surface area contributed by atoms with Crippen molar-refractivity contribution in [3.05, 3.63) is 48.7 Å². The van der Waals surface area contributed by atoms with E-state index in [0.29, 0.717) is 30.3 Å². The number of ether oxygens (including phenoxy) is 1. The molecule has 1 aromatic heterocycles. The minimum absolute atomic E-state index is 0.0374. The molecule has 0 spiro atoms. The Balaban J connectivity index is 1.38. The molecule has 7 heteroatoms. The SMILES string of the molecule is O=C(Nc1ccc(Oc2ccccc2)cn1)N1C[C@@H]2CCC[C@@]2(C(=O)O)C1. The molecule has 2 aliphatic rings. The molecule has 27 heavy (non-hydrogen) atoms. The van der Waals surface area contributed by atoms with Crippen molar-refractivity contribution in [3.63, 3.8) is 0 Å². The van der Waals surface area contributed by atoms with Crippen molar-refractivity contribution in [1.82, 2.24) is 9.88 Å². The van der Waals surface area contributed by atoms with Gasteiger partial charge in [-0.1, -0.05) is 24.6 Å². The van der Waals surface area contributed by atoms with Crippen molar-refractivity contribution >= 4 is 17.8 Å². The van der Waals surface area contributed by atoms with E-state index in [2.05, 4.69) is 10.3 Å². The lowest BCUT2D eigenvalue weighted by molar-refractivity contribution is -0.149. The van der Waals surface area contributed by atoms with Crippen LogP contribution in [0.25, 0.3) is 0 Å². The molecule has 1 aliphatic heterocycles. The number of aliphatic carboxylic acids is 1. The number of hydrogen-bond donors (Lipinski definition) is 2. The van der Waals surface area contributed by atoms with Crippen LogP contribution in [0.2, 0.25) is 0 Å². The summed E-state index contributed by atoms with van der Waals surface area (Å²) >= 11 is 0. The number of nitrogens with zero attached hydrogens (tertiary/aromatic N) is 2. The van der Waals surface area contributed by atoms with Crippen LogP contribution in [0.4, 0.5) is 10.6 Å². The van der Waals surface area contributed by atoms with Crippen LogP contribution in [0.15, 0.2) is 48.7 Å². The molecule has 0 radical (unpaired) electrons. The van der Waals surface area contributed by atoms with Crippen LogP contribution in [0.5, 0.6) is 11.5 Å². The summed E-state index contributed by atoms with van der Waals surface area (Å²) in [6, 6.07) is 12.4. The van der Waals surface area contributed by atoms with E-state index in [1.807, 2.05) is 30.3 Å². The predicted octanol–water partition coefficient (Wildman–Crippen LogP) is 3.59. The van der Waals surface area contributed by atoms with E-state index in [4.69, 9.17) is 4.74 Å². The molecule has 2 fully saturated rings. The lowest BCUT2D eigenvalue weighted by Crippen LogP contribution is -2.38. The first-order valence-electron chi connectivity index (χ1n) is 9.05. The highest BCUT2D eigenvalue weighted by Gasteiger charge is 2.55. The zero-order valence-corrected chi connectivity index (χ0v) is 14.8. The average Bonchev–Trinajstić information content (AvgIpc) is 3.23. The number of fused-ring (bicyclic) bond motifs is 1. The van der Waals surface area contributed by atoms with Gasteiger partial charge in [0.15, 0.2) is 0 Å². The number of hydrogen-bond acceptors (Lipinski definition) is 4. The van der Waals surface area contributed by atoms with Crippen LogP contribution >= 0.6 is 0 Å². The van der Waals surface area contributed by atoms with E-state index in [0.717, 1.165) is 12.8 Å². The number of para-hydroxylation sites is 1. The quantitative estimate of drug-likeness (QED) is 0.862. The molecule has 1 saturated heterocycles. The van der Waals surface area contributed by atoms with Crippen molar-refractivity contribution in [2.24, 2.45) is 11.3 Å². The van der Waals surface area contributed by atoms with E-state index in [1.54, 1.807) is 23.2 Å². The maximum atomic E-state index is 12.5. The normalized spacial score (nSPS) is 23.7. The Hall–Kier alpha value is -3.09. The summed E-state index contributed by atoms with van der Waals surface area (Å²) in [7, 11) is 0. The number of carbonyl (C=O) groups is 2. The Morgan fingerprint density at radius 2 is 2.00 bits per heavy atom. The fourth-order valence-corrected chi connectivity index (χ4v) is 4.12. The number of rotatable bonds is 4. The van der Waals surface area contributed by atoms with E-state index >= 15 is 0 Å². The first-order valence-corrected chi connectivity index (χ1v) is 9.05. The van der Waals surface area contributed by atoms with E-state index < -0.39 is 11.4 Å². The van der Waals surface area contributed by atoms with Gasteiger partial charge in [0.1, 0.15) is 17.3 Å². The van der Waals surface area contributed by atoms with E-state index in [-0.39, 0.29) is 18.5 Å². The molecule has 7 nitrogen and oxygen atoms in total. The van der Waals surface area contributed by atoms with Gasteiger partial charge in [0.25, 0.3) is 0 Å². The molecule has 2 aromatic rings. The standard InChI is InChI=1S/C20H21N3O4/c24-18(25)20-10-4-5-14(20)12-23(13-20)19(26)22-17-9-8-16(11-21-17)27-15-6-2-1-3-7-15/h1-3,6-9,11,14H,4-5,10,12-13H2,(H,24,25)(H,21,22,26)/t14-,20+/m0/s1. The maximum absolute atomic E-state index is 12.5. The summed E-state index contributed by atoms with van der Waals surface area (Å²) in [5.74, 6) is 0.927. The average molecular weight is 367 g/mol. The first kappa shape index (κ1) is 17.3. The highest BCUT2D eigenvalue weighted by molar-refractivity contribution is 5.89. The Labute approximate surface area is 157 Å².